The van der Waals surface area contributed by atoms with Gasteiger partial charge in [0.05, 0.1) is 0 Å². The number of benzene rings is 4. The smallest absolute Gasteiger partial charge is 0.0417 e. The molecule has 7 rings (SSSR count). The number of fused-ring (bicyclic) bond motifs is 3. The van der Waals surface area contributed by atoms with Crippen LogP contribution >= 0.6 is 11.3 Å². The van der Waals surface area contributed by atoms with Crippen LogP contribution in [0.5, 0.6) is 0 Å². The van der Waals surface area contributed by atoms with Gasteiger partial charge in [-0.15, -0.1) is 77.1 Å². The van der Waals surface area contributed by atoms with Crippen molar-refractivity contribution in [2.45, 2.75) is 13.8 Å². The van der Waals surface area contributed by atoms with E-state index in [0.29, 0.717) is 0 Å². The molecule has 0 aliphatic rings. The molecule has 2 nitrogen and oxygen atoms in total. The molecule has 4 aromatic carbocycles. The van der Waals surface area contributed by atoms with Gasteiger partial charge in [0.2, 0.25) is 0 Å². The Morgan fingerprint density at radius 1 is 0.675 bits per heavy atom. The molecule has 0 amide bonds. The standard InChI is InChI=1S/C24H16NS.C12H10N.Ir/c1-16-7-6-14-25-23(16)18-9-4-8-17(15-18)19-11-5-12-21-20-10-2-3-13-22(20)26-24(19)21;1-10-6-5-9-12(13-10)11-7-3-2-4-8-11;/h2-8,10-15H,1H3;2-7,9H,1H3;/q2*-1;. The van der Waals surface area contributed by atoms with E-state index in [2.05, 4.69) is 89.7 Å². The van der Waals surface area contributed by atoms with Crippen molar-refractivity contribution >= 4 is 31.5 Å². The fourth-order valence-corrected chi connectivity index (χ4v) is 6.00. The Kier molecular flexibility index (Phi) is 8.62. The van der Waals surface area contributed by atoms with E-state index >= 15 is 0 Å². The van der Waals surface area contributed by atoms with E-state index < -0.39 is 0 Å². The molecular weight excluding hydrogens is 685 g/mol. The van der Waals surface area contributed by atoms with Gasteiger partial charge in [-0.1, -0.05) is 65.7 Å². The number of pyridine rings is 2. The van der Waals surface area contributed by atoms with Gasteiger partial charge in [0.25, 0.3) is 0 Å². The number of nitrogens with zero attached hydrogens (tertiary/aromatic N) is 2. The zero-order chi connectivity index (χ0) is 26.6. The molecule has 1 radical (unpaired) electrons. The first-order valence-electron chi connectivity index (χ1n) is 12.9. The van der Waals surface area contributed by atoms with Crippen molar-refractivity contribution in [3.05, 3.63) is 145 Å². The summed E-state index contributed by atoms with van der Waals surface area (Å²) in [6.45, 7) is 4.09. The van der Waals surface area contributed by atoms with E-state index in [1.165, 1.54) is 36.9 Å². The average molecular weight is 711 g/mol. The van der Waals surface area contributed by atoms with E-state index in [-0.39, 0.29) is 20.1 Å². The van der Waals surface area contributed by atoms with Gasteiger partial charge in [-0.2, -0.15) is 0 Å². The zero-order valence-corrected chi connectivity index (χ0v) is 25.4. The van der Waals surface area contributed by atoms with E-state index in [9.17, 15) is 0 Å². The van der Waals surface area contributed by atoms with Gasteiger partial charge in [0.15, 0.2) is 0 Å². The van der Waals surface area contributed by atoms with Crippen molar-refractivity contribution in [3.63, 3.8) is 0 Å². The molecule has 0 atom stereocenters. The number of thiophene rings is 1. The van der Waals surface area contributed by atoms with Crippen LogP contribution in [-0.4, -0.2) is 9.97 Å². The Morgan fingerprint density at radius 3 is 2.30 bits per heavy atom. The first-order chi connectivity index (χ1) is 19.2. The summed E-state index contributed by atoms with van der Waals surface area (Å²) >= 11 is 1.86. The molecular formula is C36H26IrN2S-2. The molecule has 0 saturated heterocycles. The number of aromatic nitrogens is 2. The van der Waals surface area contributed by atoms with E-state index in [1.807, 2.05) is 79.1 Å². The Labute approximate surface area is 252 Å². The van der Waals surface area contributed by atoms with Gasteiger partial charge in [0.1, 0.15) is 0 Å². The number of aryl methyl sites for hydroxylation is 2. The van der Waals surface area contributed by atoms with Crippen molar-refractivity contribution in [3.8, 4) is 33.6 Å². The summed E-state index contributed by atoms with van der Waals surface area (Å²) < 4.78 is 2.67. The minimum absolute atomic E-state index is 0. The second kappa shape index (κ2) is 12.5. The van der Waals surface area contributed by atoms with Crippen LogP contribution in [0.15, 0.2) is 121 Å². The summed E-state index contributed by atoms with van der Waals surface area (Å²) in [7, 11) is 0. The third kappa shape index (κ3) is 5.80. The van der Waals surface area contributed by atoms with Crippen molar-refractivity contribution in [1.29, 1.82) is 0 Å². The van der Waals surface area contributed by atoms with E-state index in [0.717, 1.165) is 28.2 Å². The summed E-state index contributed by atoms with van der Waals surface area (Å²) in [5.74, 6) is 0. The third-order valence-corrected chi connectivity index (χ3v) is 7.87. The minimum Gasteiger partial charge on any atom is -0.304 e. The molecule has 0 aliphatic heterocycles. The average Bonchev–Trinajstić information content (AvgIpc) is 3.37. The maximum Gasteiger partial charge on any atom is 0.0417 e. The van der Waals surface area contributed by atoms with Crippen LogP contribution in [0.2, 0.25) is 0 Å². The SMILES string of the molecule is Cc1cccc(-c2[c-]cccc2)n1.Cc1cccnc1-c1[c-]ccc(-c2cccc3c2sc2ccccc23)c1.[Ir]. The second-order valence-corrected chi connectivity index (χ2v) is 10.4. The Balaban J connectivity index is 0.000000195. The quantitative estimate of drug-likeness (QED) is 0.171. The van der Waals surface area contributed by atoms with Gasteiger partial charge in [-0.3, -0.25) is 0 Å². The summed E-state index contributed by atoms with van der Waals surface area (Å²) in [6, 6.07) is 46.0. The van der Waals surface area contributed by atoms with Crippen LogP contribution in [0.3, 0.4) is 0 Å². The molecule has 0 aliphatic carbocycles. The summed E-state index contributed by atoms with van der Waals surface area (Å²) in [4.78, 5) is 8.96. The molecule has 3 heterocycles. The predicted octanol–water partition coefficient (Wildman–Crippen LogP) is 9.75. The van der Waals surface area contributed by atoms with Gasteiger partial charge < -0.3 is 9.97 Å². The Bertz CT molecular complexity index is 1890. The van der Waals surface area contributed by atoms with Crippen LogP contribution < -0.4 is 0 Å². The fraction of sp³-hybridized carbons (Fsp3) is 0.0556. The summed E-state index contributed by atoms with van der Waals surface area (Å²) in [6.07, 6.45) is 1.84. The fourth-order valence-electron chi connectivity index (χ4n) is 4.76. The topological polar surface area (TPSA) is 25.8 Å². The molecule has 4 heteroatoms. The van der Waals surface area contributed by atoms with Crippen molar-refractivity contribution in [2.75, 3.05) is 0 Å². The van der Waals surface area contributed by atoms with Crippen LogP contribution in [0, 0.1) is 26.0 Å². The maximum atomic E-state index is 4.55. The zero-order valence-electron chi connectivity index (χ0n) is 22.2. The Hall–Kier alpha value is -3.95. The molecule has 0 bridgehead atoms. The van der Waals surface area contributed by atoms with Crippen LogP contribution in [0.25, 0.3) is 53.8 Å². The van der Waals surface area contributed by atoms with Crippen LogP contribution in [0.1, 0.15) is 11.3 Å². The van der Waals surface area contributed by atoms with Gasteiger partial charge in [-0.25, -0.2) is 0 Å². The molecule has 197 valence electrons. The Morgan fingerprint density at radius 2 is 1.48 bits per heavy atom. The van der Waals surface area contributed by atoms with Crippen LogP contribution in [0.4, 0.5) is 0 Å². The van der Waals surface area contributed by atoms with Crippen molar-refractivity contribution in [1.82, 2.24) is 9.97 Å². The molecule has 0 fully saturated rings. The molecule has 0 spiro atoms. The van der Waals surface area contributed by atoms with Gasteiger partial charge in [0, 0.05) is 52.2 Å². The minimum atomic E-state index is 0. The summed E-state index contributed by atoms with van der Waals surface area (Å²) in [5.41, 5.74) is 8.76. The first kappa shape index (κ1) is 27.6. The molecule has 0 N–H and O–H groups in total. The molecule has 7 aromatic rings. The number of hydrogen-bond donors (Lipinski definition) is 0. The monoisotopic (exact) mass is 711 g/mol. The molecule has 0 saturated carbocycles. The van der Waals surface area contributed by atoms with Gasteiger partial charge >= 0.3 is 0 Å². The first-order valence-corrected chi connectivity index (χ1v) is 13.7. The van der Waals surface area contributed by atoms with Crippen molar-refractivity contribution in [2.24, 2.45) is 0 Å². The van der Waals surface area contributed by atoms with Crippen molar-refractivity contribution < 1.29 is 20.1 Å². The van der Waals surface area contributed by atoms with Gasteiger partial charge in [-0.05, 0) is 49.0 Å². The predicted molar refractivity (Wildman–Crippen MR) is 165 cm³/mol. The molecule has 0 unspecified atom stereocenters. The maximum absolute atomic E-state index is 4.55. The normalized spacial score (nSPS) is 10.6. The molecule has 3 aromatic heterocycles. The summed E-state index contributed by atoms with van der Waals surface area (Å²) in [5, 5.41) is 2.66. The second-order valence-electron chi connectivity index (χ2n) is 9.38. The number of rotatable bonds is 3. The van der Waals surface area contributed by atoms with E-state index in [4.69, 9.17) is 0 Å². The molecule has 40 heavy (non-hydrogen) atoms. The third-order valence-electron chi connectivity index (χ3n) is 6.65. The van der Waals surface area contributed by atoms with Crippen LogP contribution in [-0.2, 0) is 20.1 Å². The number of hydrogen-bond acceptors (Lipinski definition) is 3. The largest absolute Gasteiger partial charge is 0.304 e. The van der Waals surface area contributed by atoms with E-state index in [1.54, 1.807) is 0 Å².